The lowest BCUT2D eigenvalue weighted by Crippen LogP contribution is -2.27. The number of carbonyl (C=O) groups is 1. The van der Waals surface area contributed by atoms with E-state index in [2.05, 4.69) is 4.90 Å². The molecule has 92 valence electrons. The predicted octanol–water partition coefficient (Wildman–Crippen LogP) is 2.27. The topological polar surface area (TPSA) is 53.7 Å². The quantitative estimate of drug-likeness (QED) is 0.768. The molecule has 1 aliphatic rings. The minimum atomic E-state index is -0.878. The number of hydrogen-bond acceptors (Lipinski definition) is 3. The Bertz CT molecular complexity index is 404. The molecular formula is C13H17NO3. The van der Waals surface area contributed by atoms with E-state index in [1.807, 2.05) is 19.1 Å². The summed E-state index contributed by atoms with van der Waals surface area (Å²) >= 11 is 0. The Labute approximate surface area is 101 Å². The molecule has 1 aromatic rings. The molecule has 1 fully saturated rings. The first-order chi connectivity index (χ1) is 8.15. The van der Waals surface area contributed by atoms with Gasteiger partial charge in [0.25, 0.3) is 0 Å². The second-order valence-electron chi connectivity index (χ2n) is 4.54. The number of hydrogen-bond donors (Lipinski definition) is 1. The highest BCUT2D eigenvalue weighted by molar-refractivity contribution is 5.80. The Morgan fingerprint density at radius 3 is 2.94 bits per heavy atom. The SMILES string of the molecule is C/C(=C\C(=O)O)CN(Cc1ccco1)C1CC1. The van der Waals surface area contributed by atoms with Crippen molar-refractivity contribution >= 4 is 5.97 Å². The lowest BCUT2D eigenvalue weighted by Gasteiger charge is -2.20. The molecule has 2 rings (SSSR count). The van der Waals surface area contributed by atoms with Gasteiger partial charge in [0.05, 0.1) is 12.8 Å². The fraction of sp³-hybridized carbons (Fsp3) is 0.462. The Balaban J connectivity index is 1.96. The number of furan rings is 1. The Kier molecular flexibility index (Phi) is 3.64. The van der Waals surface area contributed by atoms with Gasteiger partial charge in [-0.1, -0.05) is 5.57 Å². The largest absolute Gasteiger partial charge is 0.478 e. The second kappa shape index (κ2) is 5.19. The van der Waals surface area contributed by atoms with E-state index in [-0.39, 0.29) is 0 Å². The Morgan fingerprint density at radius 2 is 2.41 bits per heavy atom. The molecule has 1 N–H and O–H groups in total. The molecule has 0 spiro atoms. The zero-order chi connectivity index (χ0) is 12.3. The van der Waals surface area contributed by atoms with Crippen LogP contribution < -0.4 is 0 Å². The standard InChI is InChI=1S/C13H17NO3/c1-10(7-13(15)16)8-14(11-4-5-11)9-12-3-2-6-17-12/h2-3,6-7,11H,4-5,8-9H2,1H3,(H,15,16)/b10-7+. The van der Waals surface area contributed by atoms with Gasteiger partial charge in [0.15, 0.2) is 0 Å². The summed E-state index contributed by atoms with van der Waals surface area (Å²) in [6, 6.07) is 4.41. The molecule has 0 aliphatic heterocycles. The zero-order valence-corrected chi connectivity index (χ0v) is 9.93. The van der Waals surface area contributed by atoms with Crippen LogP contribution in [-0.2, 0) is 11.3 Å². The Morgan fingerprint density at radius 1 is 1.65 bits per heavy atom. The molecule has 0 bridgehead atoms. The summed E-state index contributed by atoms with van der Waals surface area (Å²) in [7, 11) is 0. The van der Waals surface area contributed by atoms with Gasteiger partial charge in [-0.15, -0.1) is 0 Å². The molecule has 1 heterocycles. The molecule has 17 heavy (non-hydrogen) atoms. The summed E-state index contributed by atoms with van der Waals surface area (Å²) < 4.78 is 5.33. The lowest BCUT2D eigenvalue weighted by atomic mass is 10.2. The molecule has 0 atom stereocenters. The summed E-state index contributed by atoms with van der Waals surface area (Å²) in [6.45, 7) is 3.30. The van der Waals surface area contributed by atoms with Gasteiger partial charge >= 0.3 is 5.97 Å². The first kappa shape index (κ1) is 11.9. The van der Waals surface area contributed by atoms with E-state index in [1.54, 1.807) is 6.26 Å². The van der Waals surface area contributed by atoms with Gasteiger partial charge in [0, 0.05) is 18.7 Å². The zero-order valence-electron chi connectivity index (χ0n) is 9.93. The molecule has 0 radical (unpaired) electrons. The number of carboxylic acids is 1. The molecule has 1 aliphatic carbocycles. The van der Waals surface area contributed by atoms with Crippen molar-refractivity contribution in [3.8, 4) is 0 Å². The van der Waals surface area contributed by atoms with Crippen molar-refractivity contribution in [2.24, 2.45) is 0 Å². The average Bonchev–Trinajstić information content (AvgIpc) is 2.96. The number of nitrogens with zero attached hydrogens (tertiary/aromatic N) is 1. The fourth-order valence-electron chi connectivity index (χ4n) is 1.93. The predicted molar refractivity (Wildman–Crippen MR) is 63.5 cm³/mol. The van der Waals surface area contributed by atoms with Crippen molar-refractivity contribution in [3.05, 3.63) is 35.8 Å². The summed E-state index contributed by atoms with van der Waals surface area (Å²) in [5, 5.41) is 8.69. The van der Waals surface area contributed by atoms with Crippen molar-refractivity contribution in [2.75, 3.05) is 6.54 Å². The van der Waals surface area contributed by atoms with Crippen LogP contribution in [-0.4, -0.2) is 28.6 Å². The number of carboxylic acid groups (broad SMARTS) is 1. The normalized spacial score (nSPS) is 16.5. The van der Waals surface area contributed by atoms with E-state index in [0.717, 1.165) is 17.9 Å². The van der Waals surface area contributed by atoms with Crippen molar-refractivity contribution in [1.29, 1.82) is 0 Å². The van der Waals surface area contributed by atoms with E-state index in [0.29, 0.717) is 12.6 Å². The summed E-state index contributed by atoms with van der Waals surface area (Å²) in [5.41, 5.74) is 0.871. The highest BCUT2D eigenvalue weighted by Gasteiger charge is 2.29. The van der Waals surface area contributed by atoms with Crippen LogP contribution in [0.25, 0.3) is 0 Å². The van der Waals surface area contributed by atoms with E-state index >= 15 is 0 Å². The number of rotatable bonds is 6. The minimum Gasteiger partial charge on any atom is -0.478 e. The first-order valence-electron chi connectivity index (χ1n) is 5.81. The summed E-state index contributed by atoms with van der Waals surface area (Å²) in [5.74, 6) is 0.0521. The van der Waals surface area contributed by atoms with Crippen molar-refractivity contribution in [2.45, 2.75) is 32.4 Å². The second-order valence-corrected chi connectivity index (χ2v) is 4.54. The molecule has 0 unspecified atom stereocenters. The first-order valence-corrected chi connectivity index (χ1v) is 5.81. The smallest absolute Gasteiger partial charge is 0.328 e. The van der Waals surface area contributed by atoms with Crippen LogP contribution in [0.5, 0.6) is 0 Å². The van der Waals surface area contributed by atoms with Crippen LogP contribution >= 0.6 is 0 Å². The molecule has 4 nitrogen and oxygen atoms in total. The maximum absolute atomic E-state index is 10.6. The van der Waals surface area contributed by atoms with Crippen LogP contribution in [0, 0.1) is 0 Å². The van der Waals surface area contributed by atoms with Gasteiger partial charge < -0.3 is 9.52 Å². The summed E-state index contributed by atoms with van der Waals surface area (Å²) in [4.78, 5) is 12.9. The molecule has 0 amide bonds. The van der Waals surface area contributed by atoms with E-state index in [1.165, 1.54) is 18.9 Å². The van der Waals surface area contributed by atoms with E-state index in [4.69, 9.17) is 9.52 Å². The lowest BCUT2D eigenvalue weighted by molar-refractivity contribution is -0.131. The monoisotopic (exact) mass is 235 g/mol. The Hall–Kier alpha value is -1.55. The molecule has 4 heteroatoms. The average molecular weight is 235 g/mol. The molecule has 1 saturated carbocycles. The van der Waals surface area contributed by atoms with Crippen molar-refractivity contribution in [1.82, 2.24) is 4.90 Å². The van der Waals surface area contributed by atoms with Crippen LogP contribution in [0.15, 0.2) is 34.5 Å². The third-order valence-corrected chi connectivity index (χ3v) is 2.82. The third kappa shape index (κ3) is 3.75. The maximum atomic E-state index is 10.6. The van der Waals surface area contributed by atoms with E-state index in [9.17, 15) is 4.79 Å². The molecule has 1 aromatic heterocycles. The van der Waals surface area contributed by atoms with Gasteiger partial charge in [0.1, 0.15) is 5.76 Å². The van der Waals surface area contributed by atoms with Crippen LogP contribution in [0.3, 0.4) is 0 Å². The minimum absolute atomic E-state index is 0.581. The van der Waals surface area contributed by atoms with Gasteiger partial charge in [-0.2, -0.15) is 0 Å². The van der Waals surface area contributed by atoms with Crippen LogP contribution in [0.1, 0.15) is 25.5 Å². The van der Waals surface area contributed by atoms with Gasteiger partial charge in [-0.25, -0.2) is 4.79 Å². The van der Waals surface area contributed by atoms with Gasteiger partial charge in [0.2, 0.25) is 0 Å². The van der Waals surface area contributed by atoms with Crippen molar-refractivity contribution < 1.29 is 14.3 Å². The van der Waals surface area contributed by atoms with Gasteiger partial charge in [-0.3, -0.25) is 4.90 Å². The number of aliphatic carboxylic acids is 1. The van der Waals surface area contributed by atoms with Gasteiger partial charge in [-0.05, 0) is 31.9 Å². The maximum Gasteiger partial charge on any atom is 0.328 e. The fourth-order valence-corrected chi connectivity index (χ4v) is 1.93. The van der Waals surface area contributed by atoms with Crippen molar-refractivity contribution in [3.63, 3.8) is 0 Å². The van der Waals surface area contributed by atoms with Crippen LogP contribution in [0.2, 0.25) is 0 Å². The highest BCUT2D eigenvalue weighted by Crippen LogP contribution is 2.29. The third-order valence-electron chi connectivity index (χ3n) is 2.82. The molecule has 0 aromatic carbocycles. The highest BCUT2D eigenvalue weighted by atomic mass is 16.4. The molecule has 0 saturated heterocycles. The van der Waals surface area contributed by atoms with E-state index < -0.39 is 5.97 Å². The van der Waals surface area contributed by atoms with Crippen LogP contribution in [0.4, 0.5) is 0 Å². The molecular weight excluding hydrogens is 218 g/mol. The summed E-state index contributed by atoms with van der Waals surface area (Å²) in [6.07, 6.45) is 5.33.